The van der Waals surface area contributed by atoms with Crippen molar-refractivity contribution in [3.8, 4) is 0 Å². The summed E-state index contributed by atoms with van der Waals surface area (Å²) in [7, 11) is 1.83. The van der Waals surface area contributed by atoms with Crippen LogP contribution in [0.15, 0.2) is 42.5 Å². The van der Waals surface area contributed by atoms with Crippen molar-refractivity contribution in [1.82, 2.24) is 15.5 Å². The van der Waals surface area contributed by atoms with Crippen LogP contribution in [0.2, 0.25) is 5.02 Å². The highest BCUT2D eigenvalue weighted by atomic mass is 35.5. The molecule has 1 fully saturated rings. The first-order valence-corrected chi connectivity index (χ1v) is 11.8. The van der Waals surface area contributed by atoms with Gasteiger partial charge in [-0.05, 0) is 55.7 Å². The van der Waals surface area contributed by atoms with E-state index in [1.807, 2.05) is 14.0 Å². The molecule has 0 atom stereocenters. The maximum atomic E-state index is 12.9. The molecule has 0 radical (unpaired) electrons. The Morgan fingerprint density at radius 1 is 1.00 bits per heavy atom. The Kier molecular flexibility index (Phi) is 8.72. The molecular weight excluding hydrogens is 440 g/mol. The van der Waals surface area contributed by atoms with Crippen LogP contribution in [0.4, 0.5) is 10.5 Å². The largest absolute Gasteiger partial charge is 0.352 e. The van der Waals surface area contributed by atoms with E-state index < -0.39 is 6.03 Å². The highest BCUT2D eigenvalue weighted by molar-refractivity contribution is 6.34. The molecule has 4 amide bonds. The summed E-state index contributed by atoms with van der Waals surface area (Å²) >= 11 is 6.37. The van der Waals surface area contributed by atoms with E-state index in [1.54, 1.807) is 47.4 Å². The summed E-state index contributed by atoms with van der Waals surface area (Å²) in [5, 5.41) is 8.56. The maximum Gasteiger partial charge on any atom is 0.319 e. The number of halogens is 1. The molecule has 2 aromatic rings. The topological polar surface area (TPSA) is 90.5 Å². The predicted molar refractivity (Wildman–Crippen MR) is 131 cm³/mol. The average molecular weight is 471 g/mol. The minimum absolute atomic E-state index is 0.0982. The van der Waals surface area contributed by atoms with E-state index in [-0.39, 0.29) is 17.9 Å². The lowest BCUT2D eigenvalue weighted by Crippen LogP contribution is -2.38. The number of hydrogen-bond donors (Lipinski definition) is 3. The van der Waals surface area contributed by atoms with E-state index in [9.17, 15) is 14.4 Å². The number of hydrogen-bond acceptors (Lipinski definition) is 3. The number of benzene rings is 2. The number of carbonyl (C=O) groups excluding carboxylic acids is 3. The van der Waals surface area contributed by atoms with Gasteiger partial charge in [0.2, 0.25) is 0 Å². The van der Waals surface area contributed by atoms with Crippen LogP contribution in [-0.2, 0) is 6.54 Å². The smallest absolute Gasteiger partial charge is 0.319 e. The summed E-state index contributed by atoms with van der Waals surface area (Å²) in [6.07, 6.45) is 5.56. The molecular formula is C25H31ClN4O3. The monoisotopic (exact) mass is 470 g/mol. The quantitative estimate of drug-likeness (QED) is 0.542. The van der Waals surface area contributed by atoms with E-state index in [1.165, 1.54) is 6.42 Å². The maximum absolute atomic E-state index is 12.9. The highest BCUT2D eigenvalue weighted by Gasteiger charge is 2.24. The minimum Gasteiger partial charge on any atom is -0.352 e. The second-order valence-electron chi connectivity index (χ2n) is 8.27. The lowest BCUT2D eigenvalue weighted by atomic mass is 9.94. The summed E-state index contributed by atoms with van der Waals surface area (Å²) in [5.41, 5.74) is 2.37. The molecule has 3 rings (SSSR count). The van der Waals surface area contributed by atoms with Crippen LogP contribution in [0.25, 0.3) is 0 Å². The van der Waals surface area contributed by atoms with Crippen LogP contribution in [0, 0.1) is 0 Å². The Morgan fingerprint density at radius 2 is 1.70 bits per heavy atom. The van der Waals surface area contributed by atoms with E-state index in [2.05, 4.69) is 16.0 Å². The van der Waals surface area contributed by atoms with Crippen LogP contribution in [0.3, 0.4) is 0 Å². The minimum atomic E-state index is -0.391. The Balaban J connectivity index is 1.53. The number of urea groups is 1. The van der Waals surface area contributed by atoms with E-state index in [0.717, 1.165) is 31.2 Å². The van der Waals surface area contributed by atoms with Gasteiger partial charge in [0.1, 0.15) is 0 Å². The van der Waals surface area contributed by atoms with Gasteiger partial charge < -0.3 is 20.9 Å². The lowest BCUT2D eigenvalue weighted by molar-refractivity contribution is 0.0696. The molecule has 176 valence electrons. The third-order valence-electron chi connectivity index (χ3n) is 5.91. The first-order chi connectivity index (χ1) is 15.9. The summed E-state index contributed by atoms with van der Waals surface area (Å²) in [4.78, 5) is 38.8. The van der Waals surface area contributed by atoms with E-state index >= 15 is 0 Å². The van der Waals surface area contributed by atoms with Crippen LogP contribution < -0.4 is 16.0 Å². The molecule has 2 aromatic carbocycles. The molecule has 0 heterocycles. The predicted octanol–water partition coefficient (Wildman–Crippen LogP) is 4.82. The molecule has 1 saturated carbocycles. The van der Waals surface area contributed by atoms with Crippen LogP contribution >= 0.6 is 11.6 Å². The third kappa shape index (κ3) is 6.71. The molecule has 7 nitrogen and oxygen atoms in total. The van der Waals surface area contributed by atoms with Crippen LogP contribution in [0.1, 0.15) is 65.3 Å². The molecule has 1 aliphatic rings. The molecule has 0 saturated heterocycles. The lowest BCUT2D eigenvalue weighted by Gasteiger charge is -2.31. The third-order valence-corrected chi connectivity index (χ3v) is 6.22. The molecule has 8 heteroatoms. The molecule has 0 aliphatic heterocycles. The second kappa shape index (κ2) is 11.7. The second-order valence-corrected chi connectivity index (χ2v) is 8.67. The Labute approximate surface area is 199 Å². The molecule has 0 aromatic heterocycles. The summed E-state index contributed by atoms with van der Waals surface area (Å²) in [5.74, 6) is -0.225. The van der Waals surface area contributed by atoms with Gasteiger partial charge in [-0.2, -0.15) is 0 Å². The van der Waals surface area contributed by atoms with Crippen molar-refractivity contribution < 1.29 is 14.4 Å². The van der Waals surface area contributed by atoms with Gasteiger partial charge >= 0.3 is 6.03 Å². The zero-order valence-electron chi connectivity index (χ0n) is 19.1. The number of amides is 4. The van der Waals surface area contributed by atoms with Gasteiger partial charge in [-0.25, -0.2) is 4.79 Å². The van der Waals surface area contributed by atoms with Crippen LogP contribution in [-0.4, -0.2) is 42.4 Å². The fourth-order valence-electron chi connectivity index (χ4n) is 3.98. The molecule has 1 aliphatic carbocycles. The van der Waals surface area contributed by atoms with Crippen molar-refractivity contribution in [2.45, 2.75) is 51.6 Å². The van der Waals surface area contributed by atoms with Gasteiger partial charge in [-0.1, -0.05) is 43.0 Å². The zero-order chi connectivity index (χ0) is 23.8. The van der Waals surface area contributed by atoms with Crippen molar-refractivity contribution in [1.29, 1.82) is 0 Å². The summed E-state index contributed by atoms with van der Waals surface area (Å²) in [6.45, 7) is 2.74. The first-order valence-electron chi connectivity index (χ1n) is 11.4. The standard InChI is InChI=1S/C25H31ClN4O3/c1-3-27-23(31)18-11-9-17(10-12-18)16-28-25(33)29-19-13-14-21(22(26)15-19)24(32)30(2)20-7-5-4-6-8-20/h9-15,20H,3-8,16H2,1-2H3,(H,27,31)(H2,28,29,33). The Morgan fingerprint density at radius 3 is 2.33 bits per heavy atom. The molecule has 0 unspecified atom stereocenters. The number of nitrogens with zero attached hydrogens (tertiary/aromatic N) is 1. The van der Waals surface area contributed by atoms with Gasteiger partial charge in [-0.3, -0.25) is 9.59 Å². The van der Waals surface area contributed by atoms with Crippen molar-refractivity contribution >= 4 is 35.1 Å². The van der Waals surface area contributed by atoms with Gasteiger partial charge in [0.25, 0.3) is 11.8 Å². The molecule has 33 heavy (non-hydrogen) atoms. The normalized spacial score (nSPS) is 13.8. The van der Waals surface area contributed by atoms with Gasteiger partial charge in [-0.15, -0.1) is 0 Å². The average Bonchev–Trinajstić information content (AvgIpc) is 2.83. The number of anilines is 1. The van der Waals surface area contributed by atoms with Gasteiger partial charge in [0, 0.05) is 37.4 Å². The Hall–Kier alpha value is -3.06. The van der Waals surface area contributed by atoms with Crippen molar-refractivity contribution in [3.63, 3.8) is 0 Å². The number of nitrogens with one attached hydrogen (secondary N) is 3. The van der Waals surface area contributed by atoms with E-state index in [0.29, 0.717) is 34.9 Å². The first kappa shape index (κ1) is 24.6. The van der Waals surface area contributed by atoms with E-state index in [4.69, 9.17) is 11.6 Å². The SMILES string of the molecule is CCNC(=O)c1ccc(CNC(=O)Nc2ccc(C(=O)N(C)C3CCCCC3)c(Cl)c2)cc1. The van der Waals surface area contributed by atoms with Crippen molar-refractivity contribution in [3.05, 3.63) is 64.2 Å². The molecule has 0 bridgehead atoms. The fraction of sp³-hybridized carbons (Fsp3) is 0.400. The van der Waals surface area contributed by atoms with Crippen molar-refractivity contribution in [2.75, 3.05) is 18.9 Å². The van der Waals surface area contributed by atoms with Crippen LogP contribution in [0.5, 0.6) is 0 Å². The zero-order valence-corrected chi connectivity index (χ0v) is 19.9. The summed E-state index contributed by atoms with van der Waals surface area (Å²) in [6, 6.07) is 11.8. The molecule has 0 spiro atoms. The highest BCUT2D eigenvalue weighted by Crippen LogP contribution is 2.26. The van der Waals surface area contributed by atoms with Gasteiger partial charge in [0.15, 0.2) is 0 Å². The number of carbonyl (C=O) groups is 3. The number of rotatable bonds is 7. The fourth-order valence-corrected chi connectivity index (χ4v) is 4.25. The Bertz CT molecular complexity index is 988. The summed E-state index contributed by atoms with van der Waals surface area (Å²) < 4.78 is 0. The van der Waals surface area contributed by atoms with Crippen molar-refractivity contribution in [2.24, 2.45) is 0 Å². The molecule has 3 N–H and O–H groups in total. The van der Waals surface area contributed by atoms with Gasteiger partial charge in [0.05, 0.1) is 10.6 Å².